The SMILES string of the molecule is CCCOC[C@@H]1C[C@@H]2CN(C(=O)Nc3ccc(OC)cc3)CCCCN12. The molecule has 2 saturated heterocycles. The van der Waals surface area contributed by atoms with Gasteiger partial charge in [-0.1, -0.05) is 6.92 Å². The molecule has 1 N–H and O–H groups in total. The van der Waals surface area contributed by atoms with Gasteiger partial charge in [0.05, 0.1) is 13.7 Å². The van der Waals surface area contributed by atoms with Crippen LogP contribution in [0.1, 0.15) is 32.6 Å². The number of fused-ring (bicyclic) bond motifs is 1. The highest BCUT2D eigenvalue weighted by Crippen LogP contribution is 2.29. The van der Waals surface area contributed by atoms with Crippen LogP contribution < -0.4 is 10.1 Å². The first kappa shape index (κ1) is 19.0. The van der Waals surface area contributed by atoms with Gasteiger partial charge >= 0.3 is 6.03 Å². The number of nitrogens with zero attached hydrogens (tertiary/aromatic N) is 2. The lowest BCUT2D eigenvalue weighted by Gasteiger charge is -2.51. The molecular formula is C20H31N3O3. The Hall–Kier alpha value is -1.79. The summed E-state index contributed by atoms with van der Waals surface area (Å²) in [6.07, 6.45) is 4.36. The molecule has 2 aliphatic rings. The molecule has 0 bridgehead atoms. The van der Waals surface area contributed by atoms with Crippen LogP contribution in [-0.2, 0) is 4.74 Å². The van der Waals surface area contributed by atoms with Crippen LogP contribution in [0.25, 0.3) is 0 Å². The van der Waals surface area contributed by atoms with Crippen LogP contribution in [0.2, 0.25) is 0 Å². The number of amides is 2. The quantitative estimate of drug-likeness (QED) is 0.791. The molecule has 2 aliphatic heterocycles. The first-order chi connectivity index (χ1) is 12.7. The molecule has 0 aliphatic carbocycles. The Kier molecular flexibility index (Phi) is 6.74. The zero-order chi connectivity index (χ0) is 18.4. The van der Waals surface area contributed by atoms with E-state index in [1.807, 2.05) is 29.2 Å². The molecule has 2 atom stereocenters. The highest BCUT2D eigenvalue weighted by Gasteiger charge is 2.40. The first-order valence-corrected chi connectivity index (χ1v) is 9.74. The van der Waals surface area contributed by atoms with Crippen molar-refractivity contribution in [2.75, 3.05) is 45.3 Å². The molecule has 3 rings (SSSR count). The van der Waals surface area contributed by atoms with Crippen LogP contribution in [0.5, 0.6) is 5.75 Å². The standard InChI is InChI=1S/C20H31N3O3/c1-3-12-26-15-18-13-17-14-22(10-4-5-11-23(17)18)20(24)21-16-6-8-19(25-2)9-7-16/h6-9,17-18H,3-5,10-15H2,1-2H3,(H,21,24)/t17-,18+/m1/s1. The summed E-state index contributed by atoms with van der Waals surface area (Å²) < 4.78 is 10.9. The number of anilines is 1. The van der Waals surface area contributed by atoms with E-state index in [9.17, 15) is 4.79 Å². The number of rotatable bonds is 6. The van der Waals surface area contributed by atoms with Crippen molar-refractivity contribution in [2.45, 2.75) is 44.7 Å². The van der Waals surface area contributed by atoms with E-state index >= 15 is 0 Å². The number of carbonyl (C=O) groups is 1. The van der Waals surface area contributed by atoms with Gasteiger partial charge in [-0.2, -0.15) is 0 Å². The fourth-order valence-corrected chi connectivity index (χ4v) is 3.82. The van der Waals surface area contributed by atoms with Crippen molar-refractivity contribution < 1.29 is 14.3 Å². The lowest BCUT2D eigenvalue weighted by Crippen LogP contribution is -2.63. The van der Waals surface area contributed by atoms with E-state index in [-0.39, 0.29) is 6.03 Å². The Labute approximate surface area is 156 Å². The monoisotopic (exact) mass is 361 g/mol. The second-order valence-electron chi connectivity index (χ2n) is 7.17. The average molecular weight is 361 g/mol. The molecule has 144 valence electrons. The molecule has 0 saturated carbocycles. The molecule has 6 nitrogen and oxygen atoms in total. The molecule has 0 spiro atoms. The van der Waals surface area contributed by atoms with Crippen LogP contribution in [0.3, 0.4) is 0 Å². The summed E-state index contributed by atoms with van der Waals surface area (Å²) in [7, 11) is 1.64. The minimum Gasteiger partial charge on any atom is -0.497 e. The summed E-state index contributed by atoms with van der Waals surface area (Å²) in [5.41, 5.74) is 0.800. The van der Waals surface area contributed by atoms with Crippen molar-refractivity contribution in [3.8, 4) is 5.75 Å². The van der Waals surface area contributed by atoms with Crippen LogP contribution in [-0.4, -0.2) is 67.9 Å². The Morgan fingerprint density at radius 3 is 2.73 bits per heavy atom. The van der Waals surface area contributed by atoms with Gasteiger partial charge in [0, 0.05) is 37.5 Å². The first-order valence-electron chi connectivity index (χ1n) is 9.74. The minimum atomic E-state index is -0.0114. The highest BCUT2D eigenvalue weighted by molar-refractivity contribution is 5.89. The van der Waals surface area contributed by atoms with E-state index in [0.29, 0.717) is 12.1 Å². The molecule has 2 fully saturated rings. The fourth-order valence-electron chi connectivity index (χ4n) is 3.82. The Balaban J connectivity index is 1.52. The second kappa shape index (κ2) is 9.24. The summed E-state index contributed by atoms with van der Waals surface area (Å²) in [5, 5.41) is 3.01. The molecule has 0 aromatic heterocycles. The summed E-state index contributed by atoms with van der Waals surface area (Å²) in [6, 6.07) is 8.44. The van der Waals surface area contributed by atoms with Gasteiger partial charge in [-0.25, -0.2) is 4.79 Å². The third-order valence-electron chi connectivity index (χ3n) is 5.29. The molecule has 1 aromatic rings. The van der Waals surface area contributed by atoms with Gasteiger partial charge in [0.15, 0.2) is 0 Å². The van der Waals surface area contributed by atoms with Gasteiger partial charge in [-0.05, 0) is 56.5 Å². The van der Waals surface area contributed by atoms with Crippen molar-refractivity contribution in [3.63, 3.8) is 0 Å². The maximum absolute atomic E-state index is 12.7. The van der Waals surface area contributed by atoms with Gasteiger partial charge < -0.3 is 19.7 Å². The van der Waals surface area contributed by atoms with E-state index in [4.69, 9.17) is 9.47 Å². The molecule has 2 amide bonds. The summed E-state index contributed by atoms with van der Waals surface area (Å²) in [5.74, 6) is 0.788. The number of methoxy groups -OCH3 is 1. The Morgan fingerprint density at radius 1 is 1.23 bits per heavy atom. The molecule has 0 unspecified atom stereocenters. The number of urea groups is 1. The van der Waals surface area contributed by atoms with Crippen LogP contribution >= 0.6 is 0 Å². The highest BCUT2D eigenvalue weighted by atomic mass is 16.5. The number of hydrogen-bond donors (Lipinski definition) is 1. The lowest BCUT2D eigenvalue weighted by atomic mass is 9.91. The normalized spacial score (nSPS) is 23.4. The Bertz CT molecular complexity index is 578. The van der Waals surface area contributed by atoms with E-state index < -0.39 is 0 Å². The average Bonchev–Trinajstić information content (AvgIpc) is 2.63. The fraction of sp³-hybridized carbons (Fsp3) is 0.650. The number of benzene rings is 1. The van der Waals surface area contributed by atoms with E-state index in [0.717, 1.165) is 70.0 Å². The van der Waals surface area contributed by atoms with Gasteiger partial charge in [0.2, 0.25) is 0 Å². The van der Waals surface area contributed by atoms with E-state index in [1.54, 1.807) is 7.11 Å². The topological polar surface area (TPSA) is 54.0 Å². The van der Waals surface area contributed by atoms with Gasteiger partial charge in [0.1, 0.15) is 5.75 Å². The maximum Gasteiger partial charge on any atom is 0.321 e. The van der Waals surface area contributed by atoms with E-state index in [2.05, 4.69) is 17.1 Å². The number of ether oxygens (including phenoxy) is 2. The van der Waals surface area contributed by atoms with Crippen LogP contribution in [0, 0.1) is 0 Å². The van der Waals surface area contributed by atoms with Crippen molar-refractivity contribution in [2.24, 2.45) is 0 Å². The smallest absolute Gasteiger partial charge is 0.321 e. The van der Waals surface area contributed by atoms with Gasteiger partial charge in [-0.15, -0.1) is 0 Å². The maximum atomic E-state index is 12.7. The van der Waals surface area contributed by atoms with Crippen molar-refractivity contribution in [3.05, 3.63) is 24.3 Å². The zero-order valence-electron chi connectivity index (χ0n) is 15.9. The largest absolute Gasteiger partial charge is 0.497 e. The summed E-state index contributed by atoms with van der Waals surface area (Å²) >= 11 is 0. The summed E-state index contributed by atoms with van der Waals surface area (Å²) in [6.45, 7) is 6.54. The van der Waals surface area contributed by atoms with Crippen molar-refractivity contribution >= 4 is 11.7 Å². The molecular weight excluding hydrogens is 330 g/mol. The Morgan fingerprint density at radius 2 is 2.00 bits per heavy atom. The van der Waals surface area contributed by atoms with Crippen LogP contribution in [0.15, 0.2) is 24.3 Å². The molecule has 1 aromatic carbocycles. The second-order valence-corrected chi connectivity index (χ2v) is 7.17. The third-order valence-corrected chi connectivity index (χ3v) is 5.29. The minimum absolute atomic E-state index is 0.0114. The zero-order valence-corrected chi connectivity index (χ0v) is 15.9. The van der Waals surface area contributed by atoms with Gasteiger partial charge in [-0.3, -0.25) is 4.90 Å². The molecule has 26 heavy (non-hydrogen) atoms. The molecule has 0 radical (unpaired) electrons. The van der Waals surface area contributed by atoms with Crippen LogP contribution in [0.4, 0.5) is 10.5 Å². The number of carbonyl (C=O) groups excluding carboxylic acids is 1. The van der Waals surface area contributed by atoms with E-state index in [1.165, 1.54) is 0 Å². The predicted molar refractivity (Wildman–Crippen MR) is 103 cm³/mol. The number of hydrogen-bond acceptors (Lipinski definition) is 4. The van der Waals surface area contributed by atoms with Gasteiger partial charge in [0.25, 0.3) is 0 Å². The third kappa shape index (κ3) is 4.68. The summed E-state index contributed by atoms with van der Waals surface area (Å²) in [4.78, 5) is 17.2. The molecule has 6 heteroatoms. The molecule has 2 heterocycles. The van der Waals surface area contributed by atoms with Crippen molar-refractivity contribution in [1.82, 2.24) is 9.80 Å². The predicted octanol–water partition coefficient (Wildman–Crippen LogP) is 3.19. The lowest BCUT2D eigenvalue weighted by molar-refractivity contribution is -0.0524. The number of nitrogens with one attached hydrogen (secondary N) is 1. The van der Waals surface area contributed by atoms with Crippen molar-refractivity contribution in [1.29, 1.82) is 0 Å².